The van der Waals surface area contributed by atoms with E-state index in [2.05, 4.69) is 46.7 Å². The largest absolute Gasteiger partial charge is 0.253 e. The zero-order valence-electron chi connectivity index (χ0n) is 11.4. The Morgan fingerprint density at radius 3 is 2.59 bits per heavy atom. The summed E-state index contributed by atoms with van der Waals surface area (Å²) in [5, 5.41) is 0. The second-order valence-corrected chi connectivity index (χ2v) is 5.77. The van der Waals surface area contributed by atoms with Crippen LogP contribution < -0.4 is 0 Å². The van der Waals surface area contributed by atoms with Crippen LogP contribution in [0.25, 0.3) is 0 Å². The summed E-state index contributed by atoms with van der Waals surface area (Å²) in [6, 6.07) is 0. The Bertz CT molecular complexity index is 365. The fourth-order valence-corrected chi connectivity index (χ4v) is 2.74. The molecule has 0 amide bonds. The molecule has 1 aromatic rings. The molecule has 0 spiro atoms. The van der Waals surface area contributed by atoms with Gasteiger partial charge in [-0.3, -0.25) is 4.98 Å². The first kappa shape index (κ1) is 14.6. The van der Waals surface area contributed by atoms with E-state index >= 15 is 0 Å². The van der Waals surface area contributed by atoms with Crippen LogP contribution in [0.4, 0.5) is 0 Å². The first-order valence-corrected chi connectivity index (χ1v) is 7.32. The lowest BCUT2D eigenvalue weighted by molar-refractivity contribution is 0.384. The van der Waals surface area contributed by atoms with Crippen molar-refractivity contribution in [1.29, 1.82) is 0 Å². The lowest BCUT2D eigenvalue weighted by Gasteiger charge is -2.28. The smallest absolute Gasteiger partial charge is 0.128 e. The second-order valence-electron chi connectivity index (χ2n) is 5.02. The molecular weight excluding hydrogens is 276 g/mol. The van der Waals surface area contributed by atoms with E-state index in [-0.39, 0.29) is 5.41 Å². The third-order valence-corrected chi connectivity index (χ3v) is 4.11. The number of nitrogens with zero attached hydrogens (tertiary/aromatic N) is 2. The highest BCUT2D eigenvalue weighted by Gasteiger charge is 2.28. The van der Waals surface area contributed by atoms with Crippen LogP contribution in [0.15, 0.2) is 10.8 Å². The van der Waals surface area contributed by atoms with Crippen molar-refractivity contribution in [2.45, 2.75) is 65.2 Å². The SMILES string of the molecule is CCCCCC(C)(CC)c1nc(C)cnc1Br. The zero-order chi connectivity index (χ0) is 12.9. The topological polar surface area (TPSA) is 25.8 Å². The third-order valence-electron chi connectivity index (χ3n) is 3.53. The van der Waals surface area contributed by atoms with Gasteiger partial charge in [-0.05, 0) is 35.7 Å². The van der Waals surface area contributed by atoms with Gasteiger partial charge in [-0.2, -0.15) is 0 Å². The summed E-state index contributed by atoms with van der Waals surface area (Å²) in [6.07, 6.45) is 7.94. The molecule has 2 nitrogen and oxygen atoms in total. The molecule has 0 aliphatic carbocycles. The summed E-state index contributed by atoms with van der Waals surface area (Å²) in [7, 11) is 0. The Morgan fingerprint density at radius 2 is 2.00 bits per heavy atom. The molecule has 0 bridgehead atoms. The van der Waals surface area contributed by atoms with Crippen molar-refractivity contribution in [2.75, 3.05) is 0 Å². The standard InChI is InChI=1S/C14H23BrN2/c1-5-7-8-9-14(4,6-2)12-13(15)16-10-11(3)17-12/h10H,5-9H2,1-4H3. The zero-order valence-corrected chi connectivity index (χ0v) is 13.0. The lowest BCUT2D eigenvalue weighted by Crippen LogP contribution is -2.24. The number of aryl methyl sites for hydroxylation is 1. The van der Waals surface area contributed by atoms with Crippen LogP contribution in [0.5, 0.6) is 0 Å². The van der Waals surface area contributed by atoms with Gasteiger partial charge in [0.1, 0.15) is 4.60 Å². The van der Waals surface area contributed by atoms with Crippen LogP contribution in [-0.4, -0.2) is 9.97 Å². The minimum Gasteiger partial charge on any atom is -0.253 e. The summed E-state index contributed by atoms with van der Waals surface area (Å²) in [5.41, 5.74) is 2.27. The molecule has 1 rings (SSSR count). The molecule has 0 fully saturated rings. The molecule has 0 saturated heterocycles. The molecule has 0 radical (unpaired) electrons. The van der Waals surface area contributed by atoms with Gasteiger partial charge in [0.05, 0.1) is 11.4 Å². The predicted octanol–water partition coefficient (Wildman–Crippen LogP) is 4.80. The van der Waals surface area contributed by atoms with Crippen molar-refractivity contribution in [3.8, 4) is 0 Å². The molecule has 1 atom stereocenters. The maximum atomic E-state index is 4.69. The van der Waals surface area contributed by atoms with Crippen molar-refractivity contribution in [1.82, 2.24) is 9.97 Å². The van der Waals surface area contributed by atoms with Gasteiger partial charge in [-0.15, -0.1) is 0 Å². The maximum Gasteiger partial charge on any atom is 0.128 e. The van der Waals surface area contributed by atoms with E-state index < -0.39 is 0 Å². The van der Waals surface area contributed by atoms with Crippen LogP contribution >= 0.6 is 15.9 Å². The van der Waals surface area contributed by atoms with E-state index in [1.165, 1.54) is 25.7 Å². The van der Waals surface area contributed by atoms with Gasteiger partial charge in [0, 0.05) is 11.6 Å². The van der Waals surface area contributed by atoms with Crippen LogP contribution in [0.1, 0.15) is 64.3 Å². The van der Waals surface area contributed by atoms with Gasteiger partial charge in [-0.25, -0.2) is 4.98 Å². The Hall–Kier alpha value is -0.440. The fraction of sp³-hybridized carbons (Fsp3) is 0.714. The number of halogens is 1. The molecule has 17 heavy (non-hydrogen) atoms. The van der Waals surface area contributed by atoms with Gasteiger partial charge in [0.25, 0.3) is 0 Å². The third kappa shape index (κ3) is 3.77. The Labute approximate surface area is 113 Å². The predicted molar refractivity (Wildman–Crippen MR) is 76.3 cm³/mol. The Kier molecular flexibility index (Phi) is 5.57. The van der Waals surface area contributed by atoms with Crippen molar-refractivity contribution in [3.05, 3.63) is 22.2 Å². The van der Waals surface area contributed by atoms with E-state index in [4.69, 9.17) is 0 Å². The second kappa shape index (κ2) is 6.48. The average molecular weight is 299 g/mol. The molecule has 1 aromatic heterocycles. The molecule has 0 N–H and O–H groups in total. The highest BCUT2D eigenvalue weighted by molar-refractivity contribution is 9.10. The molecule has 0 aliphatic rings. The van der Waals surface area contributed by atoms with Crippen LogP contribution in [0.3, 0.4) is 0 Å². The van der Waals surface area contributed by atoms with E-state index in [0.717, 1.165) is 22.4 Å². The summed E-state index contributed by atoms with van der Waals surface area (Å²) in [5.74, 6) is 0. The molecule has 3 heteroatoms. The maximum absolute atomic E-state index is 4.69. The number of hydrogen-bond donors (Lipinski definition) is 0. The minimum absolute atomic E-state index is 0.146. The highest BCUT2D eigenvalue weighted by atomic mass is 79.9. The first-order valence-electron chi connectivity index (χ1n) is 6.53. The highest BCUT2D eigenvalue weighted by Crippen LogP contribution is 2.35. The van der Waals surface area contributed by atoms with Gasteiger partial charge >= 0.3 is 0 Å². The van der Waals surface area contributed by atoms with Gasteiger partial charge in [-0.1, -0.05) is 40.0 Å². The number of hydrogen-bond acceptors (Lipinski definition) is 2. The molecule has 1 unspecified atom stereocenters. The number of unbranched alkanes of at least 4 members (excludes halogenated alkanes) is 2. The van der Waals surface area contributed by atoms with Crippen molar-refractivity contribution in [2.24, 2.45) is 0 Å². The van der Waals surface area contributed by atoms with Crippen molar-refractivity contribution in [3.63, 3.8) is 0 Å². The number of rotatable bonds is 6. The molecule has 96 valence electrons. The summed E-state index contributed by atoms with van der Waals surface area (Å²) in [6.45, 7) is 8.79. The lowest BCUT2D eigenvalue weighted by atomic mass is 9.79. The Morgan fingerprint density at radius 1 is 1.29 bits per heavy atom. The molecule has 0 saturated carbocycles. The van der Waals surface area contributed by atoms with E-state index in [9.17, 15) is 0 Å². The molecule has 0 aliphatic heterocycles. The summed E-state index contributed by atoms with van der Waals surface area (Å²) < 4.78 is 0.906. The molecular formula is C14H23BrN2. The summed E-state index contributed by atoms with van der Waals surface area (Å²) in [4.78, 5) is 9.06. The minimum atomic E-state index is 0.146. The van der Waals surface area contributed by atoms with Crippen LogP contribution in [-0.2, 0) is 5.41 Å². The summed E-state index contributed by atoms with van der Waals surface area (Å²) >= 11 is 3.54. The van der Waals surface area contributed by atoms with E-state index in [1.54, 1.807) is 0 Å². The number of aromatic nitrogens is 2. The quantitative estimate of drug-likeness (QED) is 0.705. The fourth-order valence-electron chi connectivity index (χ4n) is 2.07. The normalized spacial score (nSPS) is 14.6. The monoisotopic (exact) mass is 298 g/mol. The van der Waals surface area contributed by atoms with Gasteiger partial charge in [0.15, 0.2) is 0 Å². The van der Waals surface area contributed by atoms with E-state index in [1.807, 2.05) is 13.1 Å². The van der Waals surface area contributed by atoms with Gasteiger partial charge in [0.2, 0.25) is 0 Å². The van der Waals surface area contributed by atoms with Crippen molar-refractivity contribution >= 4 is 15.9 Å². The van der Waals surface area contributed by atoms with E-state index in [0.29, 0.717) is 0 Å². The molecule has 1 heterocycles. The Balaban J connectivity index is 2.94. The van der Waals surface area contributed by atoms with Gasteiger partial charge < -0.3 is 0 Å². The first-order chi connectivity index (χ1) is 8.03. The van der Waals surface area contributed by atoms with Crippen LogP contribution in [0.2, 0.25) is 0 Å². The average Bonchev–Trinajstić information content (AvgIpc) is 2.32. The molecule has 0 aromatic carbocycles. The van der Waals surface area contributed by atoms with Crippen molar-refractivity contribution < 1.29 is 0 Å². The van der Waals surface area contributed by atoms with Crippen LogP contribution in [0, 0.1) is 6.92 Å².